The van der Waals surface area contributed by atoms with Crippen molar-refractivity contribution in [3.8, 4) is 0 Å². The van der Waals surface area contributed by atoms with E-state index in [4.69, 9.17) is 9.47 Å². The van der Waals surface area contributed by atoms with Crippen LogP contribution in [0.4, 0.5) is 0 Å². The Labute approximate surface area is 158 Å². The maximum absolute atomic E-state index is 12.5. The second-order valence-corrected chi connectivity index (χ2v) is 6.29. The molecule has 0 unspecified atom stereocenters. The van der Waals surface area contributed by atoms with Crippen LogP contribution in [0.25, 0.3) is 0 Å². The summed E-state index contributed by atoms with van der Waals surface area (Å²) >= 11 is 0. The van der Waals surface area contributed by atoms with Crippen molar-refractivity contribution in [1.82, 2.24) is 4.90 Å². The molecule has 1 heterocycles. The Morgan fingerprint density at radius 2 is 1.41 bits per heavy atom. The van der Waals surface area contributed by atoms with Crippen LogP contribution in [-0.4, -0.2) is 48.4 Å². The molecule has 0 saturated heterocycles. The molecule has 146 valence electrons. The molecule has 0 spiro atoms. The molecule has 1 aromatic carbocycles. The normalized spacial score (nSPS) is 13.5. The predicted molar refractivity (Wildman–Crippen MR) is 97.0 cm³/mol. The van der Waals surface area contributed by atoms with Crippen LogP contribution >= 0.6 is 0 Å². The number of hydrogen-bond acceptors (Lipinski definition) is 6. The van der Waals surface area contributed by atoms with E-state index in [1.165, 1.54) is 0 Å². The highest BCUT2D eigenvalue weighted by Crippen LogP contribution is 2.33. The largest absolute Gasteiger partial charge is 0.465 e. The molecule has 2 rings (SSSR count). The van der Waals surface area contributed by atoms with Crippen molar-refractivity contribution in [2.75, 3.05) is 19.8 Å². The first-order valence-electron chi connectivity index (χ1n) is 9.22. The molecule has 0 fully saturated rings. The van der Waals surface area contributed by atoms with E-state index in [1.54, 1.807) is 45.0 Å². The fourth-order valence-corrected chi connectivity index (χ4v) is 3.27. The summed E-state index contributed by atoms with van der Waals surface area (Å²) in [5, 5.41) is 0. The van der Waals surface area contributed by atoms with Gasteiger partial charge in [0, 0.05) is 6.54 Å². The van der Waals surface area contributed by atoms with Crippen molar-refractivity contribution in [3.63, 3.8) is 0 Å². The van der Waals surface area contributed by atoms with Crippen molar-refractivity contribution in [2.45, 2.75) is 40.0 Å². The minimum absolute atomic E-state index is 0.118. The molecule has 27 heavy (non-hydrogen) atoms. The third kappa shape index (κ3) is 3.86. The highest BCUT2D eigenvalue weighted by molar-refractivity contribution is 6.21. The molecule has 1 aliphatic heterocycles. The standard InChI is InChI=1S/C20H25NO6/c1-4-20(18(24)26-5-2,19(25)27-6-3)12-9-13-21-16(22)14-10-7-8-11-15(14)17(21)23/h7-8,10-11H,4-6,9,12-13H2,1-3H3. The van der Waals surface area contributed by atoms with E-state index in [2.05, 4.69) is 0 Å². The van der Waals surface area contributed by atoms with E-state index in [-0.39, 0.29) is 50.8 Å². The van der Waals surface area contributed by atoms with Gasteiger partial charge in [0.25, 0.3) is 11.8 Å². The number of rotatable bonds is 9. The molecule has 1 aliphatic rings. The lowest BCUT2D eigenvalue weighted by atomic mass is 9.80. The van der Waals surface area contributed by atoms with Gasteiger partial charge in [0.05, 0.1) is 24.3 Å². The van der Waals surface area contributed by atoms with Crippen molar-refractivity contribution in [2.24, 2.45) is 5.41 Å². The second kappa shape index (κ2) is 8.79. The van der Waals surface area contributed by atoms with Gasteiger partial charge in [-0.1, -0.05) is 19.1 Å². The molecule has 7 nitrogen and oxygen atoms in total. The zero-order valence-electron chi connectivity index (χ0n) is 15.9. The molecule has 0 N–H and O–H groups in total. The molecule has 0 bridgehead atoms. The third-order valence-corrected chi connectivity index (χ3v) is 4.80. The fraction of sp³-hybridized carbons (Fsp3) is 0.500. The minimum atomic E-state index is -1.43. The Bertz CT molecular complexity index is 689. The molecule has 2 amide bonds. The summed E-state index contributed by atoms with van der Waals surface area (Å²) in [4.78, 5) is 51.0. The van der Waals surface area contributed by atoms with Crippen LogP contribution in [0.1, 0.15) is 60.7 Å². The minimum Gasteiger partial charge on any atom is -0.465 e. The zero-order valence-corrected chi connectivity index (χ0v) is 15.9. The maximum Gasteiger partial charge on any atom is 0.323 e. The smallest absolute Gasteiger partial charge is 0.323 e. The number of esters is 2. The van der Waals surface area contributed by atoms with Crippen molar-refractivity contribution >= 4 is 23.8 Å². The SMILES string of the molecule is CCOC(=O)C(CC)(CCCN1C(=O)c2ccccc2C1=O)C(=O)OCC. The number of ether oxygens (including phenoxy) is 2. The summed E-state index contributed by atoms with van der Waals surface area (Å²) in [6.07, 6.45) is 0.637. The van der Waals surface area contributed by atoms with Crippen LogP contribution in [0.5, 0.6) is 0 Å². The predicted octanol–water partition coefficient (Wildman–Crippen LogP) is 2.59. The van der Waals surface area contributed by atoms with Gasteiger partial charge in [0.1, 0.15) is 0 Å². The second-order valence-electron chi connectivity index (χ2n) is 6.29. The molecule has 0 saturated carbocycles. The van der Waals surface area contributed by atoms with Crippen molar-refractivity contribution in [3.05, 3.63) is 35.4 Å². The number of fused-ring (bicyclic) bond motifs is 1. The number of hydrogen-bond donors (Lipinski definition) is 0. The van der Waals surface area contributed by atoms with Gasteiger partial charge in [-0.2, -0.15) is 0 Å². The number of carbonyl (C=O) groups excluding carboxylic acids is 4. The average molecular weight is 375 g/mol. The molecule has 0 aliphatic carbocycles. The Balaban J connectivity index is 2.12. The first-order chi connectivity index (χ1) is 12.9. The Morgan fingerprint density at radius 1 is 0.926 bits per heavy atom. The summed E-state index contributed by atoms with van der Waals surface area (Å²) in [6.45, 7) is 5.48. The molecule has 1 aromatic rings. The lowest BCUT2D eigenvalue weighted by Crippen LogP contribution is -2.42. The lowest BCUT2D eigenvalue weighted by Gasteiger charge is -2.28. The van der Waals surface area contributed by atoms with Crippen LogP contribution in [0, 0.1) is 5.41 Å². The molecule has 0 aromatic heterocycles. The van der Waals surface area contributed by atoms with Crippen LogP contribution in [-0.2, 0) is 19.1 Å². The highest BCUT2D eigenvalue weighted by atomic mass is 16.6. The number of carbonyl (C=O) groups is 4. The van der Waals surface area contributed by atoms with E-state index >= 15 is 0 Å². The molecule has 7 heteroatoms. The van der Waals surface area contributed by atoms with E-state index in [0.29, 0.717) is 11.1 Å². The summed E-state index contributed by atoms with van der Waals surface area (Å²) < 4.78 is 10.2. The molecule has 0 atom stereocenters. The van der Waals surface area contributed by atoms with Gasteiger partial charge >= 0.3 is 11.9 Å². The monoisotopic (exact) mass is 375 g/mol. The fourth-order valence-electron chi connectivity index (χ4n) is 3.27. The Kier molecular flexibility index (Phi) is 6.71. The van der Waals surface area contributed by atoms with Crippen molar-refractivity contribution in [1.29, 1.82) is 0 Å². The maximum atomic E-state index is 12.5. The van der Waals surface area contributed by atoms with Gasteiger partial charge in [-0.3, -0.25) is 24.1 Å². The van der Waals surface area contributed by atoms with Crippen LogP contribution in [0.15, 0.2) is 24.3 Å². The first-order valence-corrected chi connectivity index (χ1v) is 9.22. The molecular formula is C20H25NO6. The number of nitrogens with zero attached hydrogens (tertiary/aromatic N) is 1. The van der Waals surface area contributed by atoms with Gasteiger partial charge in [-0.25, -0.2) is 0 Å². The lowest BCUT2D eigenvalue weighted by molar-refractivity contribution is -0.173. The molecule has 0 radical (unpaired) electrons. The van der Waals surface area contributed by atoms with Crippen LogP contribution in [0.3, 0.4) is 0 Å². The Hall–Kier alpha value is -2.70. The van der Waals surface area contributed by atoms with Gasteiger partial charge in [0.15, 0.2) is 5.41 Å². The summed E-state index contributed by atoms with van der Waals surface area (Å²) in [7, 11) is 0. The molecular weight excluding hydrogens is 350 g/mol. The Morgan fingerprint density at radius 3 is 1.81 bits per heavy atom. The topological polar surface area (TPSA) is 90.0 Å². The number of imide groups is 1. The van der Waals surface area contributed by atoms with E-state index in [9.17, 15) is 19.2 Å². The summed E-state index contributed by atoms with van der Waals surface area (Å²) in [5.41, 5.74) is -0.676. The van der Waals surface area contributed by atoms with Gasteiger partial charge in [0.2, 0.25) is 0 Å². The van der Waals surface area contributed by atoms with E-state index in [1.807, 2.05) is 0 Å². The van der Waals surface area contributed by atoms with Gasteiger partial charge < -0.3 is 9.47 Å². The van der Waals surface area contributed by atoms with E-state index in [0.717, 1.165) is 4.90 Å². The van der Waals surface area contributed by atoms with E-state index < -0.39 is 17.4 Å². The average Bonchev–Trinajstić information content (AvgIpc) is 2.90. The quantitative estimate of drug-likeness (QED) is 0.374. The summed E-state index contributed by atoms with van der Waals surface area (Å²) in [6, 6.07) is 6.64. The van der Waals surface area contributed by atoms with Crippen LogP contribution < -0.4 is 0 Å². The highest BCUT2D eigenvalue weighted by Gasteiger charge is 2.47. The van der Waals surface area contributed by atoms with Gasteiger partial charge in [-0.05, 0) is 45.2 Å². The number of amides is 2. The van der Waals surface area contributed by atoms with Gasteiger partial charge in [-0.15, -0.1) is 0 Å². The van der Waals surface area contributed by atoms with Crippen molar-refractivity contribution < 1.29 is 28.7 Å². The number of benzene rings is 1. The van der Waals surface area contributed by atoms with Crippen LogP contribution in [0.2, 0.25) is 0 Å². The summed E-state index contributed by atoms with van der Waals surface area (Å²) in [5.74, 6) is -1.98. The first kappa shape index (κ1) is 20.6. The zero-order chi connectivity index (χ0) is 20.0. The third-order valence-electron chi connectivity index (χ3n) is 4.80.